The lowest BCUT2D eigenvalue weighted by atomic mass is 9.54. The van der Waals surface area contributed by atoms with Crippen molar-refractivity contribution >= 4 is 0 Å². The summed E-state index contributed by atoms with van der Waals surface area (Å²) in [7, 11) is 0. The van der Waals surface area contributed by atoms with Crippen LogP contribution in [0, 0.1) is 23.7 Å². The molecule has 0 amide bonds. The highest BCUT2D eigenvalue weighted by atomic mass is 14.9. The first-order valence-electron chi connectivity index (χ1n) is 8.58. The van der Waals surface area contributed by atoms with Crippen LogP contribution < -0.4 is 5.32 Å². The minimum Gasteiger partial charge on any atom is -0.313 e. The highest BCUT2D eigenvalue weighted by molar-refractivity contribution is 5.19. The van der Waals surface area contributed by atoms with Crippen LogP contribution in [0.15, 0.2) is 30.3 Å². The number of benzene rings is 1. The molecule has 0 spiro atoms. The Kier molecular flexibility index (Phi) is 3.34. The average Bonchev–Trinajstić information content (AvgIpc) is 2.46. The molecule has 0 aromatic heterocycles. The van der Waals surface area contributed by atoms with Gasteiger partial charge in [-0.25, -0.2) is 0 Å². The van der Waals surface area contributed by atoms with Crippen molar-refractivity contribution in [2.45, 2.75) is 51.0 Å². The second kappa shape index (κ2) is 5.18. The van der Waals surface area contributed by atoms with Crippen molar-refractivity contribution in [1.29, 1.82) is 0 Å². The van der Waals surface area contributed by atoms with E-state index in [-0.39, 0.29) is 0 Å². The van der Waals surface area contributed by atoms with Crippen molar-refractivity contribution in [2.24, 2.45) is 23.7 Å². The molecule has 0 aliphatic heterocycles. The van der Waals surface area contributed by atoms with Gasteiger partial charge in [-0.05, 0) is 67.3 Å². The van der Waals surface area contributed by atoms with Gasteiger partial charge in [0.05, 0.1) is 0 Å². The van der Waals surface area contributed by atoms with Crippen molar-refractivity contribution in [3.05, 3.63) is 35.9 Å². The summed E-state index contributed by atoms with van der Waals surface area (Å²) >= 11 is 0. The van der Waals surface area contributed by atoms with E-state index in [4.69, 9.17) is 0 Å². The molecular weight excluding hydrogens is 242 g/mol. The van der Waals surface area contributed by atoms with Gasteiger partial charge < -0.3 is 5.32 Å². The normalized spacial score (nSPS) is 40.0. The molecule has 1 atom stereocenters. The van der Waals surface area contributed by atoms with E-state index in [9.17, 15) is 0 Å². The summed E-state index contributed by atoms with van der Waals surface area (Å²) in [6.07, 6.45) is 7.63. The van der Waals surface area contributed by atoms with Gasteiger partial charge in [0.2, 0.25) is 0 Å². The van der Waals surface area contributed by atoms with E-state index in [1.807, 2.05) is 0 Å². The summed E-state index contributed by atoms with van der Waals surface area (Å²) in [6, 6.07) is 11.8. The van der Waals surface area contributed by atoms with Gasteiger partial charge in [-0.1, -0.05) is 37.3 Å². The fraction of sp³-hybridized carbons (Fsp3) is 0.684. The Morgan fingerprint density at radius 1 is 0.950 bits per heavy atom. The van der Waals surface area contributed by atoms with Crippen LogP contribution in [-0.4, -0.2) is 12.6 Å². The van der Waals surface area contributed by atoms with Gasteiger partial charge in [-0.3, -0.25) is 0 Å². The van der Waals surface area contributed by atoms with Crippen LogP contribution in [0.25, 0.3) is 0 Å². The molecule has 0 saturated heterocycles. The Labute approximate surface area is 123 Å². The van der Waals surface area contributed by atoms with E-state index in [1.54, 1.807) is 6.42 Å². The van der Waals surface area contributed by atoms with E-state index in [0.29, 0.717) is 5.92 Å². The molecule has 4 aliphatic rings. The number of hydrogen-bond acceptors (Lipinski definition) is 1. The molecule has 1 aromatic carbocycles. The highest BCUT2D eigenvalue weighted by Crippen LogP contribution is 2.53. The van der Waals surface area contributed by atoms with E-state index < -0.39 is 0 Å². The molecule has 1 aromatic rings. The van der Waals surface area contributed by atoms with Crippen LogP contribution in [0.3, 0.4) is 0 Å². The van der Waals surface area contributed by atoms with Gasteiger partial charge in [0, 0.05) is 12.6 Å². The van der Waals surface area contributed by atoms with Gasteiger partial charge in [0.1, 0.15) is 0 Å². The Hall–Kier alpha value is -0.820. The molecule has 0 heterocycles. The largest absolute Gasteiger partial charge is 0.313 e. The van der Waals surface area contributed by atoms with Gasteiger partial charge >= 0.3 is 0 Å². The maximum Gasteiger partial charge on any atom is 0.0124 e. The molecule has 0 radical (unpaired) electrons. The average molecular weight is 269 g/mol. The fourth-order valence-electron chi connectivity index (χ4n) is 5.47. The van der Waals surface area contributed by atoms with E-state index >= 15 is 0 Å². The van der Waals surface area contributed by atoms with Crippen molar-refractivity contribution in [3.63, 3.8) is 0 Å². The minimum absolute atomic E-state index is 0.633. The van der Waals surface area contributed by atoms with Gasteiger partial charge in [0.15, 0.2) is 0 Å². The quantitative estimate of drug-likeness (QED) is 0.863. The maximum absolute atomic E-state index is 3.96. The van der Waals surface area contributed by atoms with Crippen LogP contribution in [0.5, 0.6) is 0 Å². The smallest absolute Gasteiger partial charge is 0.0124 e. The summed E-state index contributed by atoms with van der Waals surface area (Å²) in [5.41, 5.74) is 1.48. The third kappa shape index (κ3) is 2.30. The summed E-state index contributed by atoms with van der Waals surface area (Å²) < 4.78 is 0. The Balaban J connectivity index is 1.38. The zero-order valence-electron chi connectivity index (χ0n) is 12.6. The van der Waals surface area contributed by atoms with Crippen molar-refractivity contribution in [2.75, 3.05) is 6.54 Å². The molecular formula is C19H27N. The molecule has 108 valence electrons. The molecule has 1 N–H and O–H groups in total. The molecule has 4 aliphatic carbocycles. The first-order valence-corrected chi connectivity index (χ1v) is 8.58. The fourth-order valence-corrected chi connectivity index (χ4v) is 5.47. The van der Waals surface area contributed by atoms with Crippen LogP contribution in [-0.2, 0) is 0 Å². The lowest BCUT2D eigenvalue weighted by Crippen LogP contribution is -2.55. The second-order valence-corrected chi connectivity index (χ2v) is 7.68. The van der Waals surface area contributed by atoms with Gasteiger partial charge in [-0.2, -0.15) is 0 Å². The summed E-state index contributed by atoms with van der Waals surface area (Å²) in [6.45, 7) is 3.51. The minimum atomic E-state index is 0.633. The van der Waals surface area contributed by atoms with Crippen molar-refractivity contribution in [3.8, 4) is 0 Å². The second-order valence-electron chi connectivity index (χ2n) is 7.68. The van der Waals surface area contributed by atoms with E-state index in [2.05, 4.69) is 42.6 Å². The third-order valence-electron chi connectivity index (χ3n) is 6.26. The van der Waals surface area contributed by atoms with Crippen LogP contribution in [0.1, 0.15) is 50.5 Å². The third-order valence-corrected chi connectivity index (χ3v) is 6.26. The Morgan fingerprint density at radius 2 is 1.55 bits per heavy atom. The monoisotopic (exact) mass is 269 g/mol. The zero-order chi connectivity index (χ0) is 13.5. The Morgan fingerprint density at radius 3 is 2.15 bits per heavy atom. The predicted octanol–water partition coefficient (Wildman–Crippen LogP) is 4.20. The van der Waals surface area contributed by atoms with Crippen molar-refractivity contribution < 1.29 is 0 Å². The zero-order valence-corrected chi connectivity index (χ0v) is 12.6. The standard InChI is InChI=1S/C19H27N/c1-13(16-5-3-2-4-6-16)12-20-19-17-8-14-7-15(10-17)11-18(19)9-14/h2-6,13-15,17-20H,7-12H2,1H3/t13-,14?,15?,17?,18?,19?/m1/s1. The molecule has 4 saturated carbocycles. The molecule has 20 heavy (non-hydrogen) atoms. The number of nitrogens with one attached hydrogen (secondary N) is 1. The van der Waals surface area contributed by atoms with Crippen LogP contribution in [0.4, 0.5) is 0 Å². The highest BCUT2D eigenvalue weighted by Gasteiger charge is 2.47. The Bertz CT molecular complexity index is 424. The molecule has 1 heteroatoms. The van der Waals surface area contributed by atoms with Crippen molar-refractivity contribution in [1.82, 2.24) is 5.32 Å². The summed E-state index contributed by atoms with van der Waals surface area (Å²) in [5, 5.41) is 3.96. The van der Waals surface area contributed by atoms with E-state index in [0.717, 1.165) is 36.3 Å². The SMILES string of the molecule is C[C@H](CNC1C2CC3CC(C2)CC1C3)c1ccccc1. The molecule has 5 rings (SSSR count). The van der Waals surface area contributed by atoms with E-state index in [1.165, 1.54) is 31.2 Å². The van der Waals surface area contributed by atoms with Gasteiger partial charge in [-0.15, -0.1) is 0 Å². The van der Waals surface area contributed by atoms with Crippen LogP contribution in [0.2, 0.25) is 0 Å². The van der Waals surface area contributed by atoms with Crippen LogP contribution >= 0.6 is 0 Å². The lowest BCUT2D eigenvalue weighted by molar-refractivity contribution is -0.0138. The lowest BCUT2D eigenvalue weighted by Gasteiger charge is -2.54. The molecule has 4 bridgehead atoms. The number of hydrogen-bond donors (Lipinski definition) is 1. The van der Waals surface area contributed by atoms with Gasteiger partial charge in [0.25, 0.3) is 0 Å². The first kappa shape index (κ1) is 12.9. The summed E-state index contributed by atoms with van der Waals surface area (Å²) in [5.74, 6) is 4.79. The molecule has 0 unspecified atom stereocenters. The number of rotatable bonds is 4. The molecule has 1 nitrogen and oxygen atoms in total. The first-order chi connectivity index (χ1) is 9.79. The topological polar surface area (TPSA) is 12.0 Å². The summed E-state index contributed by atoms with van der Waals surface area (Å²) in [4.78, 5) is 0. The maximum atomic E-state index is 3.96. The predicted molar refractivity (Wildman–Crippen MR) is 83.7 cm³/mol. The molecule has 4 fully saturated rings.